The van der Waals surface area contributed by atoms with Crippen LogP contribution in [0.4, 0.5) is 0 Å². The molecule has 0 aromatic carbocycles. The molecule has 0 aromatic heterocycles. The minimum atomic E-state index is -0.634. The maximum atomic E-state index is 11.2. The maximum Gasteiger partial charge on any atom is 0.0449 e. The predicted octanol–water partition coefficient (Wildman–Crippen LogP) is -0.602. The van der Waals surface area contributed by atoms with Gasteiger partial charge in [-0.05, 0) is 20.5 Å². The minimum absolute atomic E-state index is 0.0187. The van der Waals surface area contributed by atoms with Gasteiger partial charge in [0.25, 0.3) is 0 Å². The third-order valence-electron chi connectivity index (χ3n) is 2.55. The van der Waals surface area contributed by atoms with Gasteiger partial charge in [-0.1, -0.05) is 0 Å². The van der Waals surface area contributed by atoms with E-state index in [-0.39, 0.29) is 5.54 Å². The van der Waals surface area contributed by atoms with Crippen molar-refractivity contribution in [2.24, 2.45) is 5.73 Å². The number of rotatable bonds is 2. The molecule has 11 heavy (non-hydrogen) atoms. The van der Waals surface area contributed by atoms with Crippen LogP contribution >= 0.6 is 0 Å². The molecular formula is C7H16N2OS. The summed E-state index contributed by atoms with van der Waals surface area (Å²) in [6, 6.07) is 0. The van der Waals surface area contributed by atoms with Gasteiger partial charge in [-0.3, -0.25) is 4.21 Å². The summed E-state index contributed by atoms with van der Waals surface area (Å²) < 4.78 is 11.2. The first-order chi connectivity index (χ1) is 5.10. The van der Waals surface area contributed by atoms with E-state index in [9.17, 15) is 4.21 Å². The van der Waals surface area contributed by atoms with Crippen molar-refractivity contribution in [3.8, 4) is 0 Å². The molecule has 1 fully saturated rings. The molecule has 0 radical (unpaired) electrons. The van der Waals surface area contributed by atoms with Crippen molar-refractivity contribution in [2.75, 3.05) is 32.1 Å². The van der Waals surface area contributed by atoms with Crippen LogP contribution in [0.1, 0.15) is 6.42 Å². The van der Waals surface area contributed by atoms with E-state index in [1.165, 1.54) is 0 Å². The molecule has 0 aliphatic carbocycles. The largest absolute Gasteiger partial charge is 0.329 e. The van der Waals surface area contributed by atoms with Crippen LogP contribution in [0.2, 0.25) is 0 Å². The fraction of sp³-hybridized carbons (Fsp3) is 1.00. The van der Waals surface area contributed by atoms with Crippen molar-refractivity contribution in [1.82, 2.24) is 4.90 Å². The molecule has 3 nitrogen and oxygen atoms in total. The third-order valence-corrected chi connectivity index (χ3v) is 4.07. The minimum Gasteiger partial charge on any atom is -0.329 e. The molecule has 1 saturated heterocycles. The van der Waals surface area contributed by atoms with Gasteiger partial charge in [0.2, 0.25) is 0 Å². The van der Waals surface area contributed by atoms with Crippen LogP contribution in [0.15, 0.2) is 0 Å². The van der Waals surface area contributed by atoms with Crippen LogP contribution in [0.5, 0.6) is 0 Å². The Morgan fingerprint density at radius 1 is 1.64 bits per heavy atom. The lowest BCUT2D eigenvalue weighted by Crippen LogP contribution is -2.50. The number of nitrogens with two attached hydrogens (primary N) is 1. The lowest BCUT2D eigenvalue weighted by Gasteiger charge is -2.33. The van der Waals surface area contributed by atoms with Crippen LogP contribution < -0.4 is 5.73 Å². The molecule has 0 saturated carbocycles. The third kappa shape index (κ3) is 1.63. The van der Waals surface area contributed by atoms with Gasteiger partial charge in [0.05, 0.1) is 0 Å². The quantitative estimate of drug-likeness (QED) is 0.611. The van der Waals surface area contributed by atoms with Crippen molar-refractivity contribution in [3.63, 3.8) is 0 Å². The van der Waals surface area contributed by atoms with E-state index < -0.39 is 10.8 Å². The molecular weight excluding hydrogens is 160 g/mol. The van der Waals surface area contributed by atoms with Gasteiger partial charge in [0.1, 0.15) is 0 Å². The second-order valence-corrected chi connectivity index (χ2v) is 4.94. The van der Waals surface area contributed by atoms with Crippen molar-refractivity contribution in [2.45, 2.75) is 12.0 Å². The lowest BCUT2D eigenvalue weighted by molar-refractivity contribution is 0.189. The van der Waals surface area contributed by atoms with Gasteiger partial charge in [-0.2, -0.15) is 0 Å². The summed E-state index contributed by atoms with van der Waals surface area (Å²) in [4.78, 5) is 2.11. The smallest absolute Gasteiger partial charge is 0.0449 e. The fourth-order valence-electron chi connectivity index (χ4n) is 1.44. The van der Waals surface area contributed by atoms with Crippen LogP contribution in [0, 0.1) is 0 Å². The first kappa shape index (κ1) is 9.16. The van der Waals surface area contributed by atoms with Crippen molar-refractivity contribution < 1.29 is 4.21 Å². The van der Waals surface area contributed by atoms with Gasteiger partial charge < -0.3 is 10.6 Å². The molecule has 0 aromatic rings. The average Bonchev–Trinajstić information content (AvgIpc) is 2.33. The highest BCUT2D eigenvalue weighted by Crippen LogP contribution is 2.24. The predicted molar refractivity (Wildman–Crippen MR) is 48.0 cm³/mol. The second-order valence-electron chi connectivity index (χ2n) is 3.36. The molecule has 1 aliphatic heterocycles. The first-order valence-corrected chi connectivity index (χ1v) is 5.32. The van der Waals surface area contributed by atoms with E-state index in [2.05, 4.69) is 4.90 Å². The zero-order chi connectivity index (χ0) is 8.48. The molecule has 4 heteroatoms. The van der Waals surface area contributed by atoms with E-state index in [4.69, 9.17) is 5.73 Å². The van der Waals surface area contributed by atoms with E-state index >= 15 is 0 Å². The molecule has 0 amide bonds. The van der Waals surface area contributed by atoms with Crippen molar-refractivity contribution in [1.29, 1.82) is 0 Å². The summed E-state index contributed by atoms with van der Waals surface area (Å²) in [5.74, 6) is 1.56. The van der Waals surface area contributed by atoms with Crippen LogP contribution in [-0.2, 0) is 10.8 Å². The number of hydrogen-bond donors (Lipinski definition) is 1. The van der Waals surface area contributed by atoms with Gasteiger partial charge in [-0.25, -0.2) is 0 Å². The SMILES string of the molecule is CN(C)C1(CN)CCS(=O)C1. The molecule has 66 valence electrons. The van der Waals surface area contributed by atoms with Gasteiger partial charge in [-0.15, -0.1) is 0 Å². The van der Waals surface area contributed by atoms with Crippen LogP contribution in [-0.4, -0.2) is 46.8 Å². The van der Waals surface area contributed by atoms with E-state index in [1.54, 1.807) is 0 Å². The Balaban J connectivity index is 2.70. The van der Waals surface area contributed by atoms with Crippen molar-refractivity contribution >= 4 is 10.8 Å². The Bertz CT molecular complexity index is 172. The van der Waals surface area contributed by atoms with Gasteiger partial charge >= 0.3 is 0 Å². The first-order valence-electron chi connectivity index (χ1n) is 3.83. The fourth-order valence-corrected chi connectivity index (χ4v) is 3.32. The lowest BCUT2D eigenvalue weighted by atomic mass is 9.98. The van der Waals surface area contributed by atoms with Gasteiger partial charge in [0.15, 0.2) is 0 Å². The summed E-state index contributed by atoms with van der Waals surface area (Å²) in [5, 5.41) is 0. The highest BCUT2D eigenvalue weighted by atomic mass is 32.2. The zero-order valence-corrected chi connectivity index (χ0v) is 7.99. The average molecular weight is 176 g/mol. The Kier molecular flexibility index (Phi) is 2.67. The Morgan fingerprint density at radius 2 is 2.27 bits per heavy atom. The highest BCUT2D eigenvalue weighted by molar-refractivity contribution is 7.85. The Labute approximate surface area is 70.4 Å². The Morgan fingerprint density at radius 3 is 2.45 bits per heavy atom. The molecule has 0 bridgehead atoms. The molecule has 2 atom stereocenters. The molecule has 2 unspecified atom stereocenters. The van der Waals surface area contributed by atoms with Gasteiger partial charge in [0, 0.05) is 34.4 Å². The van der Waals surface area contributed by atoms with Crippen molar-refractivity contribution in [3.05, 3.63) is 0 Å². The normalized spacial score (nSPS) is 38.4. The van der Waals surface area contributed by atoms with E-state index in [1.807, 2.05) is 14.1 Å². The summed E-state index contributed by atoms with van der Waals surface area (Å²) in [6.07, 6.45) is 0.975. The second kappa shape index (κ2) is 3.21. The molecule has 0 spiro atoms. The number of likely N-dealkylation sites (N-methyl/N-ethyl adjacent to an activating group) is 1. The molecule has 2 N–H and O–H groups in total. The van der Waals surface area contributed by atoms with Crippen LogP contribution in [0.3, 0.4) is 0 Å². The number of hydrogen-bond acceptors (Lipinski definition) is 3. The zero-order valence-electron chi connectivity index (χ0n) is 7.17. The summed E-state index contributed by atoms with van der Waals surface area (Å²) in [7, 11) is 3.38. The van der Waals surface area contributed by atoms with Crippen LogP contribution in [0.25, 0.3) is 0 Å². The summed E-state index contributed by atoms with van der Waals surface area (Å²) in [5.41, 5.74) is 5.67. The van der Waals surface area contributed by atoms with E-state index in [0.29, 0.717) is 6.54 Å². The molecule has 1 heterocycles. The van der Waals surface area contributed by atoms with E-state index in [0.717, 1.165) is 17.9 Å². The standard InChI is InChI=1S/C7H16N2OS/c1-9(2)7(5-8)3-4-11(10)6-7/h3-6,8H2,1-2H3. The maximum absolute atomic E-state index is 11.2. The molecule has 1 aliphatic rings. The summed E-state index contributed by atoms with van der Waals surface area (Å²) >= 11 is 0. The Hall–Kier alpha value is 0.0700. The monoisotopic (exact) mass is 176 g/mol. The summed E-state index contributed by atoms with van der Waals surface area (Å²) in [6.45, 7) is 0.617. The topological polar surface area (TPSA) is 46.3 Å². The molecule has 1 rings (SSSR count). The highest BCUT2D eigenvalue weighted by Gasteiger charge is 2.38. The number of nitrogens with zero attached hydrogens (tertiary/aromatic N) is 1.